The van der Waals surface area contributed by atoms with Gasteiger partial charge in [0.15, 0.2) is 6.29 Å². The number of aliphatic hydroxyl groups excluding tert-OH is 2. The largest absolute Gasteiger partial charge is 0.396 e. The Kier molecular flexibility index (Phi) is 6.67. The van der Waals surface area contributed by atoms with Crippen LogP contribution in [0.4, 0.5) is 0 Å². The molecule has 5 unspecified atom stereocenters. The number of nitrogens with one attached hydrogen (secondary N) is 1. The van der Waals surface area contributed by atoms with Gasteiger partial charge in [-0.15, -0.1) is 0 Å². The highest BCUT2D eigenvalue weighted by Crippen LogP contribution is 2.22. The van der Waals surface area contributed by atoms with Gasteiger partial charge in [0.2, 0.25) is 5.91 Å². The van der Waals surface area contributed by atoms with E-state index in [0.29, 0.717) is 6.42 Å². The topological polar surface area (TPSA) is 97.3 Å². The Morgan fingerprint density at radius 3 is 2.68 bits per heavy atom. The van der Waals surface area contributed by atoms with Crippen LogP contribution in [0.5, 0.6) is 0 Å². The van der Waals surface area contributed by atoms with Gasteiger partial charge in [0, 0.05) is 33.7 Å². The Morgan fingerprint density at radius 1 is 1.47 bits per heavy atom. The van der Waals surface area contributed by atoms with Gasteiger partial charge >= 0.3 is 0 Å². The molecule has 3 N–H and O–H groups in total. The Labute approximate surface area is 112 Å². The van der Waals surface area contributed by atoms with E-state index in [1.807, 2.05) is 6.92 Å². The number of amides is 1. The van der Waals surface area contributed by atoms with Crippen molar-refractivity contribution in [1.29, 1.82) is 0 Å². The second-order valence-corrected chi connectivity index (χ2v) is 4.60. The van der Waals surface area contributed by atoms with Crippen molar-refractivity contribution < 1.29 is 29.2 Å². The Morgan fingerprint density at radius 2 is 2.16 bits per heavy atom. The second kappa shape index (κ2) is 7.76. The van der Waals surface area contributed by atoms with E-state index >= 15 is 0 Å². The van der Waals surface area contributed by atoms with Crippen molar-refractivity contribution in [2.45, 2.75) is 50.4 Å². The summed E-state index contributed by atoms with van der Waals surface area (Å²) >= 11 is 0. The zero-order valence-corrected chi connectivity index (χ0v) is 11.5. The monoisotopic (exact) mass is 277 g/mol. The van der Waals surface area contributed by atoms with E-state index in [1.54, 1.807) is 7.11 Å². The lowest BCUT2D eigenvalue weighted by Crippen LogP contribution is -2.55. The summed E-state index contributed by atoms with van der Waals surface area (Å²) in [7, 11) is 3.09. The lowest BCUT2D eigenvalue weighted by Gasteiger charge is -2.39. The molecule has 5 atom stereocenters. The number of carbonyl (C=O) groups is 1. The third-order valence-corrected chi connectivity index (χ3v) is 3.27. The fourth-order valence-corrected chi connectivity index (χ4v) is 2.07. The fraction of sp³-hybridized carbons (Fsp3) is 0.917. The molecule has 1 amide bonds. The van der Waals surface area contributed by atoms with E-state index in [4.69, 9.17) is 19.3 Å². The molecule has 0 aromatic rings. The van der Waals surface area contributed by atoms with Crippen molar-refractivity contribution in [3.8, 4) is 0 Å². The summed E-state index contributed by atoms with van der Waals surface area (Å²) in [5, 5.41) is 20.9. The number of carbonyl (C=O) groups excluding carboxylic acids is 1. The van der Waals surface area contributed by atoms with Gasteiger partial charge in [-0.1, -0.05) is 0 Å². The van der Waals surface area contributed by atoms with Crippen molar-refractivity contribution in [3.63, 3.8) is 0 Å². The average molecular weight is 277 g/mol. The first-order valence-corrected chi connectivity index (χ1v) is 6.33. The standard InChI is InChI=1S/C12H23NO6/c1-7-8(13-11(16)9(15)4-5-14)6-10(17-2)12(18-3)19-7/h7-10,12,14-15H,4-6H2,1-3H3,(H,13,16). The molecular weight excluding hydrogens is 254 g/mol. The van der Waals surface area contributed by atoms with Crippen molar-refractivity contribution in [3.05, 3.63) is 0 Å². The molecule has 1 rings (SSSR count). The summed E-state index contributed by atoms with van der Waals surface area (Å²) in [6, 6.07) is -0.266. The first-order chi connectivity index (χ1) is 9.03. The Balaban J connectivity index is 2.56. The van der Waals surface area contributed by atoms with E-state index < -0.39 is 18.3 Å². The van der Waals surface area contributed by atoms with E-state index in [0.717, 1.165) is 0 Å². The molecule has 0 radical (unpaired) electrons. The lowest BCUT2D eigenvalue weighted by atomic mass is 10.00. The van der Waals surface area contributed by atoms with Crippen LogP contribution < -0.4 is 5.32 Å². The van der Waals surface area contributed by atoms with Crippen molar-refractivity contribution in [2.24, 2.45) is 0 Å². The normalized spacial score (nSPS) is 32.9. The van der Waals surface area contributed by atoms with Crippen molar-refractivity contribution in [1.82, 2.24) is 5.32 Å². The first-order valence-electron chi connectivity index (χ1n) is 6.33. The summed E-state index contributed by atoms with van der Waals surface area (Å²) in [6.45, 7) is 1.58. The predicted molar refractivity (Wildman–Crippen MR) is 66.4 cm³/mol. The molecule has 1 fully saturated rings. The van der Waals surface area contributed by atoms with E-state index in [1.165, 1.54) is 7.11 Å². The molecule has 0 aliphatic carbocycles. The SMILES string of the molecule is COC1CC(NC(=O)C(O)CCO)C(C)OC1OC. The molecular formula is C12H23NO6. The number of hydrogen-bond acceptors (Lipinski definition) is 6. The second-order valence-electron chi connectivity index (χ2n) is 4.60. The minimum absolute atomic E-state index is 0.0161. The maximum Gasteiger partial charge on any atom is 0.249 e. The van der Waals surface area contributed by atoms with Gasteiger partial charge < -0.3 is 29.7 Å². The molecule has 0 aromatic carbocycles. The van der Waals surface area contributed by atoms with Crippen LogP contribution in [-0.2, 0) is 19.0 Å². The zero-order valence-electron chi connectivity index (χ0n) is 11.5. The fourth-order valence-electron chi connectivity index (χ4n) is 2.07. The van der Waals surface area contributed by atoms with Crippen LogP contribution in [0.15, 0.2) is 0 Å². The third kappa shape index (κ3) is 4.39. The molecule has 7 heteroatoms. The smallest absolute Gasteiger partial charge is 0.249 e. The third-order valence-electron chi connectivity index (χ3n) is 3.27. The summed E-state index contributed by atoms with van der Waals surface area (Å²) in [6.07, 6.45) is -1.65. The first kappa shape index (κ1) is 16.3. The molecule has 7 nitrogen and oxygen atoms in total. The molecule has 0 aromatic heterocycles. The highest BCUT2D eigenvalue weighted by atomic mass is 16.7. The maximum absolute atomic E-state index is 11.7. The molecule has 1 aliphatic rings. The van der Waals surface area contributed by atoms with Gasteiger partial charge in [0.05, 0.1) is 12.1 Å². The highest BCUT2D eigenvalue weighted by Gasteiger charge is 2.37. The molecule has 19 heavy (non-hydrogen) atoms. The quantitative estimate of drug-likeness (QED) is 0.577. The number of ether oxygens (including phenoxy) is 3. The molecule has 1 saturated heterocycles. The highest BCUT2D eigenvalue weighted by molar-refractivity contribution is 5.80. The number of hydrogen-bond donors (Lipinski definition) is 3. The van der Waals surface area contributed by atoms with E-state index in [2.05, 4.69) is 5.32 Å². The van der Waals surface area contributed by atoms with Crippen LogP contribution in [0.3, 0.4) is 0 Å². The van der Waals surface area contributed by atoms with Gasteiger partial charge in [-0.25, -0.2) is 0 Å². The van der Waals surface area contributed by atoms with Gasteiger partial charge in [-0.05, 0) is 6.92 Å². The van der Waals surface area contributed by atoms with Crippen molar-refractivity contribution >= 4 is 5.91 Å². The summed E-state index contributed by atoms with van der Waals surface area (Å²) in [5.74, 6) is -0.514. The number of methoxy groups -OCH3 is 2. The molecule has 0 bridgehead atoms. The van der Waals surface area contributed by atoms with Crippen LogP contribution in [-0.4, -0.2) is 67.6 Å². The van der Waals surface area contributed by atoms with Crippen LogP contribution in [0, 0.1) is 0 Å². The number of rotatable bonds is 6. The van der Waals surface area contributed by atoms with Crippen LogP contribution >= 0.6 is 0 Å². The molecule has 0 spiro atoms. The Hall–Kier alpha value is -0.730. The average Bonchev–Trinajstić information content (AvgIpc) is 2.40. The van der Waals surface area contributed by atoms with Crippen LogP contribution in [0.1, 0.15) is 19.8 Å². The molecule has 1 heterocycles. The summed E-state index contributed by atoms with van der Waals surface area (Å²) in [4.78, 5) is 11.7. The van der Waals surface area contributed by atoms with Crippen LogP contribution in [0.25, 0.3) is 0 Å². The van der Waals surface area contributed by atoms with Gasteiger partial charge in [0.1, 0.15) is 12.2 Å². The summed E-state index contributed by atoms with van der Waals surface area (Å²) in [5.41, 5.74) is 0. The number of aliphatic hydroxyl groups is 2. The van der Waals surface area contributed by atoms with Gasteiger partial charge in [-0.2, -0.15) is 0 Å². The molecule has 112 valence electrons. The van der Waals surface area contributed by atoms with Crippen LogP contribution in [0.2, 0.25) is 0 Å². The zero-order chi connectivity index (χ0) is 14.4. The maximum atomic E-state index is 11.7. The van der Waals surface area contributed by atoms with Gasteiger partial charge in [0.25, 0.3) is 0 Å². The van der Waals surface area contributed by atoms with Crippen molar-refractivity contribution in [2.75, 3.05) is 20.8 Å². The lowest BCUT2D eigenvalue weighted by molar-refractivity contribution is -0.239. The van der Waals surface area contributed by atoms with E-state index in [9.17, 15) is 9.90 Å². The minimum atomic E-state index is -1.21. The molecule has 1 aliphatic heterocycles. The minimum Gasteiger partial charge on any atom is -0.396 e. The predicted octanol–water partition coefficient (Wildman–Crippen LogP) is -0.989. The molecule has 0 saturated carbocycles. The van der Waals surface area contributed by atoms with Gasteiger partial charge in [-0.3, -0.25) is 4.79 Å². The summed E-state index contributed by atoms with van der Waals surface area (Å²) < 4.78 is 16.0. The Bertz CT molecular complexity index is 287. The van der Waals surface area contributed by atoms with E-state index in [-0.39, 0.29) is 31.3 Å².